The Bertz CT molecular complexity index is 683. The number of benzene rings is 1. The quantitative estimate of drug-likeness (QED) is 0.637. The van der Waals surface area contributed by atoms with Crippen LogP contribution in [0.25, 0.3) is 0 Å². The van der Waals surface area contributed by atoms with Crippen molar-refractivity contribution >= 4 is 15.9 Å². The van der Waals surface area contributed by atoms with Gasteiger partial charge in [-0.2, -0.15) is 4.31 Å². The fraction of sp³-hybridized carbons (Fsp3) is 0.632. The van der Waals surface area contributed by atoms with Gasteiger partial charge in [-0.05, 0) is 37.1 Å². The molecule has 2 rings (SSSR count). The number of sulfonamides is 1. The molecule has 0 N–H and O–H groups in total. The van der Waals surface area contributed by atoms with Crippen LogP contribution in [-0.2, 0) is 14.8 Å². The van der Waals surface area contributed by atoms with Crippen LogP contribution in [-0.4, -0.2) is 69.7 Å². The van der Waals surface area contributed by atoms with E-state index in [2.05, 4.69) is 0 Å². The molecule has 0 spiro atoms. The van der Waals surface area contributed by atoms with Crippen LogP contribution in [0.4, 0.5) is 0 Å². The van der Waals surface area contributed by atoms with Crippen molar-refractivity contribution in [2.75, 3.05) is 46.2 Å². The highest BCUT2D eigenvalue weighted by molar-refractivity contribution is 7.88. The second kappa shape index (κ2) is 10.5. The standard InChI is InChI=1S/C19H30N2O5S/c1-25-17-7-9-18(10-8-17)26-16-15-21(27(2,23)24)14-11-19(22)20-12-5-3-4-6-13-20/h7-10H,3-6,11-16H2,1-2H3. The molecule has 0 atom stereocenters. The molecule has 1 aromatic rings. The first-order valence-electron chi connectivity index (χ1n) is 9.40. The molecule has 27 heavy (non-hydrogen) atoms. The zero-order valence-electron chi connectivity index (χ0n) is 16.2. The van der Waals surface area contributed by atoms with Gasteiger partial charge in [-0.15, -0.1) is 0 Å². The topological polar surface area (TPSA) is 76.2 Å². The Kier molecular flexibility index (Phi) is 8.37. The summed E-state index contributed by atoms with van der Waals surface area (Å²) < 4.78 is 36.1. The SMILES string of the molecule is COc1ccc(OCCN(CCC(=O)N2CCCCCC2)S(C)(=O)=O)cc1. The molecule has 7 nitrogen and oxygen atoms in total. The molecule has 1 aromatic carbocycles. The third-order valence-corrected chi connectivity index (χ3v) is 5.97. The van der Waals surface area contributed by atoms with Crippen LogP contribution in [0.15, 0.2) is 24.3 Å². The average Bonchev–Trinajstić information content (AvgIpc) is 2.93. The molecule has 0 unspecified atom stereocenters. The summed E-state index contributed by atoms with van der Waals surface area (Å²) in [6.07, 6.45) is 5.73. The van der Waals surface area contributed by atoms with E-state index in [0.29, 0.717) is 5.75 Å². The van der Waals surface area contributed by atoms with E-state index in [9.17, 15) is 13.2 Å². The zero-order chi connectivity index (χ0) is 19.7. The number of hydrogen-bond acceptors (Lipinski definition) is 5. The summed E-state index contributed by atoms with van der Waals surface area (Å²) in [5.74, 6) is 1.40. The Balaban J connectivity index is 1.82. The van der Waals surface area contributed by atoms with E-state index in [4.69, 9.17) is 9.47 Å². The molecule has 8 heteroatoms. The number of methoxy groups -OCH3 is 1. The van der Waals surface area contributed by atoms with Gasteiger partial charge in [0.1, 0.15) is 18.1 Å². The second-order valence-electron chi connectivity index (χ2n) is 6.73. The minimum Gasteiger partial charge on any atom is -0.497 e. The molecule has 1 aliphatic rings. The first-order chi connectivity index (χ1) is 12.9. The van der Waals surface area contributed by atoms with Gasteiger partial charge in [0.15, 0.2) is 0 Å². The predicted molar refractivity (Wildman–Crippen MR) is 105 cm³/mol. The largest absolute Gasteiger partial charge is 0.497 e. The molecule has 0 bridgehead atoms. The van der Waals surface area contributed by atoms with Crippen molar-refractivity contribution in [3.8, 4) is 11.5 Å². The van der Waals surface area contributed by atoms with Crippen LogP contribution in [0, 0.1) is 0 Å². The average molecular weight is 399 g/mol. The Hall–Kier alpha value is -1.80. The summed E-state index contributed by atoms with van der Waals surface area (Å²) >= 11 is 0. The highest BCUT2D eigenvalue weighted by Crippen LogP contribution is 2.17. The number of likely N-dealkylation sites (tertiary alicyclic amines) is 1. The fourth-order valence-corrected chi connectivity index (χ4v) is 3.91. The van der Waals surface area contributed by atoms with E-state index < -0.39 is 10.0 Å². The van der Waals surface area contributed by atoms with Crippen LogP contribution in [0.3, 0.4) is 0 Å². The lowest BCUT2D eigenvalue weighted by Gasteiger charge is -2.23. The minimum absolute atomic E-state index is 0.0293. The van der Waals surface area contributed by atoms with Crippen molar-refractivity contribution in [1.82, 2.24) is 9.21 Å². The maximum atomic E-state index is 12.4. The van der Waals surface area contributed by atoms with Gasteiger partial charge in [-0.25, -0.2) is 8.42 Å². The number of nitrogens with zero attached hydrogens (tertiary/aromatic N) is 2. The molecule has 1 aliphatic heterocycles. The van der Waals surface area contributed by atoms with Gasteiger partial charge < -0.3 is 14.4 Å². The zero-order valence-corrected chi connectivity index (χ0v) is 17.0. The molecule has 1 fully saturated rings. The second-order valence-corrected chi connectivity index (χ2v) is 8.71. The molecule has 0 aromatic heterocycles. The fourth-order valence-electron chi connectivity index (χ4n) is 3.08. The number of ether oxygens (including phenoxy) is 2. The van der Waals surface area contributed by atoms with E-state index in [1.165, 1.54) is 4.31 Å². The maximum Gasteiger partial charge on any atom is 0.223 e. The van der Waals surface area contributed by atoms with Gasteiger partial charge in [0.05, 0.1) is 13.4 Å². The lowest BCUT2D eigenvalue weighted by atomic mass is 10.2. The van der Waals surface area contributed by atoms with Crippen LogP contribution < -0.4 is 9.47 Å². The highest BCUT2D eigenvalue weighted by atomic mass is 32.2. The monoisotopic (exact) mass is 398 g/mol. The van der Waals surface area contributed by atoms with Gasteiger partial charge in [0, 0.05) is 32.6 Å². The molecule has 152 valence electrons. The van der Waals surface area contributed by atoms with Gasteiger partial charge in [0.25, 0.3) is 0 Å². The Morgan fingerprint density at radius 2 is 1.63 bits per heavy atom. The molecule has 0 saturated carbocycles. The summed E-state index contributed by atoms with van der Waals surface area (Å²) in [7, 11) is -1.81. The Labute approximate surface area is 162 Å². The highest BCUT2D eigenvalue weighted by Gasteiger charge is 2.21. The van der Waals surface area contributed by atoms with E-state index in [1.54, 1.807) is 31.4 Å². The van der Waals surface area contributed by atoms with Crippen LogP contribution in [0.2, 0.25) is 0 Å². The van der Waals surface area contributed by atoms with Gasteiger partial charge in [0.2, 0.25) is 15.9 Å². The van der Waals surface area contributed by atoms with Gasteiger partial charge >= 0.3 is 0 Å². The van der Waals surface area contributed by atoms with E-state index in [1.807, 2.05) is 4.90 Å². The molecular weight excluding hydrogens is 368 g/mol. The minimum atomic E-state index is -3.40. The number of amides is 1. The molecule has 1 saturated heterocycles. The van der Waals surface area contributed by atoms with E-state index >= 15 is 0 Å². The number of hydrogen-bond donors (Lipinski definition) is 0. The number of carbonyl (C=O) groups is 1. The lowest BCUT2D eigenvalue weighted by Crippen LogP contribution is -2.38. The van der Waals surface area contributed by atoms with Crippen molar-refractivity contribution in [3.63, 3.8) is 0 Å². The number of carbonyl (C=O) groups excluding carboxylic acids is 1. The summed E-state index contributed by atoms with van der Waals surface area (Å²) in [6, 6.07) is 7.10. The molecule has 1 heterocycles. The first kappa shape index (κ1) is 21.5. The molecule has 0 aliphatic carbocycles. The van der Waals surface area contributed by atoms with Gasteiger partial charge in [-0.1, -0.05) is 12.8 Å². The molecule has 1 amide bonds. The first-order valence-corrected chi connectivity index (χ1v) is 11.2. The summed E-state index contributed by atoms with van der Waals surface area (Å²) in [6.45, 7) is 2.16. The van der Waals surface area contributed by atoms with E-state index in [-0.39, 0.29) is 32.0 Å². The third kappa shape index (κ3) is 7.38. The van der Waals surface area contributed by atoms with Crippen LogP contribution in [0.5, 0.6) is 11.5 Å². The lowest BCUT2D eigenvalue weighted by molar-refractivity contribution is -0.131. The van der Waals surface area contributed by atoms with Crippen molar-refractivity contribution in [1.29, 1.82) is 0 Å². The van der Waals surface area contributed by atoms with E-state index in [0.717, 1.165) is 50.8 Å². The summed E-state index contributed by atoms with van der Waals surface area (Å²) in [5, 5.41) is 0. The van der Waals surface area contributed by atoms with Crippen molar-refractivity contribution in [2.24, 2.45) is 0 Å². The smallest absolute Gasteiger partial charge is 0.223 e. The summed E-state index contributed by atoms with van der Waals surface area (Å²) in [4.78, 5) is 14.3. The predicted octanol–water partition coefficient (Wildman–Crippen LogP) is 2.13. The van der Waals surface area contributed by atoms with Crippen molar-refractivity contribution < 1.29 is 22.7 Å². The third-order valence-electron chi connectivity index (χ3n) is 4.67. The number of rotatable bonds is 9. The molecular formula is C19H30N2O5S. The maximum absolute atomic E-state index is 12.4. The van der Waals surface area contributed by atoms with Crippen LogP contribution >= 0.6 is 0 Å². The summed E-state index contributed by atoms with van der Waals surface area (Å²) in [5.41, 5.74) is 0. The Morgan fingerprint density at radius 1 is 1.04 bits per heavy atom. The van der Waals surface area contributed by atoms with Crippen molar-refractivity contribution in [3.05, 3.63) is 24.3 Å². The van der Waals surface area contributed by atoms with Gasteiger partial charge in [-0.3, -0.25) is 4.79 Å². The molecule has 0 radical (unpaired) electrons. The van der Waals surface area contributed by atoms with Crippen LogP contribution in [0.1, 0.15) is 32.1 Å². The van der Waals surface area contributed by atoms with Crippen molar-refractivity contribution in [2.45, 2.75) is 32.1 Å². The normalized spacial score (nSPS) is 15.4. The Morgan fingerprint density at radius 3 is 2.19 bits per heavy atom.